The van der Waals surface area contributed by atoms with Gasteiger partial charge in [-0.25, -0.2) is 0 Å². The van der Waals surface area contributed by atoms with Gasteiger partial charge in [-0.2, -0.15) is 5.26 Å². The lowest BCUT2D eigenvalue weighted by Gasteiger charge is -2.36. The number of hydrogen-bond donors (Lipinski definition) is 1. The average Bonchev–Trinajstić information content (AvgIpc) is 2.53. The molecule has 2 fully saturated rings. The fraction of sp³-hybridized carbons (Fsp3) is 0.882. The molecule has 2 rings (SSSR count). The predicted octanol–water partition coefficient (Wildman–Crippen LogP) is 2.70. The van der Waals surface area contributed by atoms with Crippen molar-refractivity contribution in [1.82, 2.24) is 10.2 Å². The molecular formula is C17H29N3O. The number of nitriles is 1. The lowest BCUT2D eigenvalue weighted by molar-refractivity contribution is -0.129. The highest BCUT2D eigenvalue weighted by atomic mass is 16.2. The monoisotopic (exact) mass is 291 g/mol. The van der Waals surface area contributed by atoms with Crippen molar-refractivity contribution in [2.24, 2.45) is 11.3 Å². The van der Waals surface area contributed by atoms with E-state index in [1.807, 2.05) is 0 Å². The van der Waals surface area contributed by atoms with Gasteiger partial charge in [-0.1, -0.05) is 19.3 Å². The first kappa shape index (κ1) is 16.3. The van der Waals surface area contributed by atoms with Crippen LogP contribution in [0, 0.1) is 22.7 Å². The Morgan fingerprint density at radius 3 is 2.67 bits per heavy atom. The Morgan fingerprint density at radius 1 is 1.33 bits per heavy atom. The Bertz CT molecular complexity index is 393. The molecule has 1 aliphatic heterocycles. The first-order valence-electron chi connectivity index (χ1n) is 8.51. The van der Waals surface area contributed by atoms with Gasteiger partial charge in [-0.3, -0.25) is 4.79 Å². The van der Waals surface area contributed by atoms with Crippen molar-refractivity contribution >= 4 is 5.91 Å². The fourth-order valence-corrected chi connectivity index (χ4v) is 3.68. The maximum atomic E-state index is 12.5. The zero-order chi connectivity index (χ0) is 15.3. The van der Waals surface area contributed by atoms with E-state index in [4.69, 9.17) is 0 Å². The number of nitrogens with zero attached hydrogens (tertiary/aromatic N) is 2. The molecule has 0 radical (unpaired) electrons. The molecule has 1 unspecified atom stereocenters. The summed E-state index contributed by atoms with van der Waals surface area (Å²) in [5.74, 6) is 0.510. The molecule has 1 heterocycles. The molecular weight excluding hydrogens is 262 g/mol. The van der Waals surface area contributed by atoms with Crippen LogP contribution in [0.5, 0.6) is 0 Å². The molecule has 1 aliphatic carbocycles. The van der Waals surface area contributed by atoms with Crippen LogP contribution in [-0.4, -0.2) is 36.5 Å². The number of carbonyl (C=O) groups excluding carboxylic acids is 1. The molecule has 0 aromatic rings. The van der Waals surface area contributed by atoms with Crippen molar-refractivity contribution in [3.05, 3.63) is 0 Å². The highest BCUT2D eigenvalue weighted by Crippen LogP contribution is 2.35. The zero-order valence-electron chi connectivity index (χ0n) is 13.5. The smallest absolute Gasteiger partial charge is 0.240 e. The van der Waals surface area contributed by atoms with E-state index in [0.29, 0.717) is 12.0 Å². The van der Waals surface area contributed by atoms with E-state index in [-0.39, 0.29) is 5.91 Å². The summed E-state index contributed by atoms with van der Waals surface area (Å²) >= 11 is 0. The first-order chi connectivity index (χ1) is 10.1. The summed E-state index contributed by atoms with van der Waals surface area (Å²) < 4.78 is 0. The normalized spacial score (nSPS) is 26.3. The van der Waals surface area contributed by atoms with Crippen LogP contribution < -0.4 is 5.32 Å². The molecule has 1 saturated carbocycles. The Labute approximate surface area is 128 Å². The van der Waals surface area contributed by atoms with Crippen LogP contribution >= 0.6 is 0 Å². The van der Waals surface area contributed by atoms with Crippen molar-refractivity contribution in [3.63, 3.8) is 0 Å². The second-order valence-corrected chi connectivity index (χ2v) is 7.06. The number of rotatable bonds is 4. The number of hydrogen-bond acceptors (Lipinski definition) is 3. The predicted molar refractivity (Wildman–Crippen MR) is 83.6 cm³/mol. The number of amides is 1. The first-order valence-corrected chi connectivity index (χ1v) is 8.51. The molecule has 4 heteroatoms. The maximum absolute atomic E-state index is 12.5. The van der Waals surface area contributed by atoms with Crippen molar-refractivity contribution in [3.8, 4) is 6.07 Å². The molecule has 0 spiro atoms. The van der Waals surface area contributed by atoms with Crippen LogP contribution in [0.3, 0.4) is 0 Å². The summed E-state index contributed by atoms with van der Waals surface area (Å²) in [5, 5.41) is 12.5. The van der Waals surface area contributed by atoms with Gasteiger partial charge in [0.05, 0.1) is 6.07 Å². The molecule has 1 atom stereocenters. The SMILES string of the molecule is CC(C)N1CCCC(CNC(=O)C2(C#N)CCCCC2)C1. The summed E-state index contributed by atoms with van der Waals surface area (Å²) in [6, 6.07) is 2.89. The standard InChI is InChI=1S/C17H29N3O/c1-14(2)20-10-6-7-15(12-20)11-19-16(21)17(13-18)8-4-3-5-9-17/h14-15H,3-12H2,1-2H3,(H,19,21). The van der Waals surface area contributed by atoms with E-state index >= 15 is 0 Å². The van der Waals surface area contributed by atoms with Crippen LogP contribution in [0.2, 0.25) is 0 Å². The van der Waals surface area contributed by atoms with Crippen molar-refractivity contribution < 1.29 is 4.79 Å². The van der Waals surface area contributed by atoms with Gasteiger partial charge >= 0.3 is 0 Å². The molecule has 1 saturated heterocycles. The summed E-state index contributed by atoms with van der Waals surface area (Å²) in [6.45, 7) is 7.43. The summed E-state index contributed by atoms with van der Waals surface area (Å²) in [4.78, 5) is 14.9. The summed E-state index contributed by atoms with van der Waals surface area (Å²) in [7, 11) is 0. The second kappa shape index (κ2) is 7.26. The van der Waals surface area contributed by atoms with Gasteiger partial charge < -0.3 is 10.2 Å². The molecule has 21 heavy (non-hydrogen) atoms. The Balaban J connectivity index is 1.84. The van der Waals surface area contributed by atoms with Crippen molar-refractivity contribution in [2.45, 2.75) is 64.8 Å². The average molecular weight is 291 g/mol. The third-order valence-corrected chi connectivity index (χ3v) is 5.19. The number of likely N-dealkylation sites (tertiary alicyclic amines) is 1. The van der Waals surface area contributed by atoms with E-state index < -0.39 is 5.41 Å². The van der Waals surface area contributed by atoms with Crippen molar-refractivity contribution in [1.29, 1.82) is 5.26 Å². The quantitative estimate of drug-likeness (QED) is 0.866. The van der Waals surface area contributed by atoms with Crippen LogP contribution in [-0.2, 0) is 4.79 Å². The molecule has 0 aromatic heterocycles. The zero-order valence-corrected chi connectivity index (χ0v) is 13.5. The Kier molecular flexibility index (Phi) is 5.64. The fourth-order valence-electron chi connectivity index (χ4n) is 3.68. The van der Waals surface area contributed by atoms with Crippen LogP contribution in [0.1, 0.15) is 58.8 Å². The molecule has 0 bridgehead atoms. The van der Waals surface area contributed by atoms with Gasteiger partial charge in [-0.15, -0.1) is 0 Å². The van der Waals surface area contributed by atoms with Crippen LogP contribution in [0.4, 0.5) is 0 Å². The van der Waals surface area contributed by atoms with Gasteiger partial charge in [-0.05, 0) is 52.0 Å². The Morgan fingerprint density at radius 2 is 2.05 bits per heavy atom. The molecule has 0 aromatic carbocycles. The van der Waals surface area contributed by atoms with E-state index in [1.54, 1.807) is 0 Å². The van der Waals surface area contributed by atoms with Gasteiger partial charge in [0.15, 0.2) is 0 Å². The molecule has 2 aliphatic rings. The van der Waals surface area contributed by atoms with Gasteiger partial charge in [0.2, 0.25) is 5.91 Å². The van der Waals surface area contributed by atoms with Gasteiger partial charge in [0, 0.05) is 19.1 Å². The van der Waals surface area contributed by atoms with E-state index in [1.165, 1.54) is 19.4 Å². The maximum Gasteiger partial charge on any atom is 0.240 e. The van der Waals surface area contributed by atoms with Gasteiger partial charge in [0.1, 0.15) is 5.41 Å². The molecule has 4 nitrogen and oxygen atoms in total. The third-order valence-electron chi connectivity index (χ3n) is 5.19. The number of piperidine rings is 1. The third kappa shape index (κ3) is 3.97. The summed E-state index contributed by atoms with van der Waals surface area (Å²) in [5.41, 5.74) is -0.745. The van der Waals surface area contributed by atoms with Gasteiger partial charge in [0.25, 0.3) is 0 Å². The highest BCUT2D eigenvalue weighted by Gasteiger charge is 2.39. The topological polar surface area (TPSA) is 56.1 Å². The molecule has 1 N–H and O–H groups in total. The number of carbonyl (C=O) groups is 1. The van der Waals surface area contributed by atoms with Crippen molar-refractivity contribution in [2.75, 3.05) is 19.6 Å². The van der Waals surface area contributed by atoms with E-state index in [0.717, 1.165) is 45.2 Å². The van der Waals surface area contributed by atoms with E-state index in [2.05, 4.69) is 30.1 Å². The van der Waals surface area contributed by atoms with Crippen LogP contribution in [0.15, 0.2) is 0 Å². The minimum atomic E-state index is -0.745. The largest absolute Gasteiger partial charge is 0.354 e. The van der Waals surface area contributed by atoms with Crippen LogP contribution in [0.25, 0.3) is 0 Å². The lowest BCUT2D eigenvalue weighted by Crippen LogP contribution is -2.47. The molecule has 1 amide bonds. The molecule has 118 valence electrons. The highest BCUT2D eigenvalue weighted by molar-refractivity contribution is 5.85. The minimum Gasteiger partial charge on any atom is -0.354 e. The van der Waals surface area contributed by atoms with E-state index in [9.17, 15) is 10.1 Å². The number of nitrogens with one attached hydrogen (secondary N) is 1. The Hall–Kier alpha value is -1.08. The summed E-state index contributed by atoms with van der Waals surface area (Å²) in [6.07, 6.45) is 7.03. The minimum absolute atomic E-state index is 0.0219. The lowest BCUT2D eigenvalue weighted by atomic mass is 9.74. The second-order valence-electron chi connectivity index (χ2n) is 7.06.